The number of nitrogens with zero attached hydrogens (tertiary/aromatic N) is 5. The van der Waals surface area contributed by atoms with Crippen LogP contribution in [0.2, 0.25) is 0 Å². The van der Waals surface area contributed by atoms with E-state index in [4.69, 9.17) is 14.4 Å². The second kappa shape index (κ2) is 12.1. The zero-order valence-corrected chi connectivity index (χ0v) is 29.2. The number of benzene rings is 3. The van der Waals surface area contributed by atoms with E-state index in [1.807, 2.05) is 16.5 Å². The van der Waals surface area contributed by atoms with Crippen LogP contribution in [-0.2, 0) is 16.6 Å². The summed E-state index contributed by atoms with van der Waals surface area (Å²) >= 11 is 0. The molecule has 1 N–H and O–H groups in total. The average molecular weight is 709 g/mol. The smallest absolute Gasteiger partial charge is 0.255 e. The van der Waals surface area contributed by atoms with E-state index in [0.717, 1.165) is 35.9 Å². The maximum Gasteiger partial charge on any atom is 0.255 e. The van der Waals surface area contributed by atoms with Crippen molar-refractivity contribution in [3.05, 3.63) is 95.8 Å². The monoisotopic (exact) mass is 708 g/mol. The minimum Gasteiger partial charge on any atom is -0.455 e. The highest BCUT2D eigenvalue weighted by atomic mass is 32.2. The van der Waals surface area contributed by atoms with Gasteiger partial charge in [-0.05, 0) is 79.5 Å². The van der Waals surface area contributed by atoms with Crippen molar-refractivity contribution in [2.75, 3.05) is 37.7 Å². The molecule has 1 saturated heterocycles. The van der Waals surface area contributed by atoms with Crippen LogP contribution in [0.4, 0.5) is 14.5 Å². The molecule has 1 amide bonds. The number of nitrogens with one attached hydrogen (secondary N) is 1. The highest BCUT2D eigenvalue weighted by molar-refractivity contribution is 7.92. The SMILES string of the molecule is CNC(=O)c1c(-c2ccc(F)cc2)oc2cc(N(C)S(C)(=O)=O)c(-c3ccc4nc(CN5CC[C@@H](C)C5)n5c6cccc(F)c6cc5c4n3)cc12. The number of aromatic nitrogens is 3. The molecule has 10 nitrogen and oxygen atoms in total. The van der Waals surface area contributed by atoms with E-state index in [1.165, 1.54) is 44.4 Å². The van der Waals surface area contributed by atoms with E-state index in [9.17, 15) is 17.6 Å². The van der Waals surface area contributed by atoms with Crippen molar-refractivity contribution in [1.82, 2.24) is 24.6 Å². The minimum absolute atomic E-state index is 0.202. The Morgan fingerprint density at radius 2 is 1.80 bits per heavy atom. The van der Waals surface area contributed by atoms with Crippen LogP contribution in [-0.4, -0.2) is 67.0 Å². The molecule has 0 bridgehead atoms. The molecule has 5 heterocycles. The normalized spacial score (nSPS) is 15.5. The van der Waals surface area contributed by atoms with Crippen LogP contribution >= 0.6 is 0 Å². The lowest BCUT2D eigenvalue weighted by molar-refractivity contribution is 0.0964. The third-order valence-corrected chi connectivity index (χ3v) is 11.0. The van der Waals surface area contributed by atoms with Crippen LogP contribution in [0, 0.1) is 17.6 Å². The Hall–Kier alpha value is -5.40. The Labute approximate surface area is 292 Å². The number of amides is 1. The number of halogens is 2. The quantitative estimate of drug-likeness (QED) is 0.190. The molecule has 0 spiro atoms. The fraction of sp³-hybridized carbons (Fsp3) is 0.237. The van der Waals surface area contributed by atoms with Gasteiger partial charge >= 0.3 is 0 Å². The minimum atomic E-state index is -3.78. The summed E-state index contributed by atoms with van der Waals surface area (Å²) in [5.74, 6) is 0.297. The fourth-order valence-electron chi connectivity index (χ4n) is 7.12. The molecule has 7 aromatic rings. The van der Waals surface area contributed by atoms with Crippen molar-refractivity contribution < 1.29 is 26.4 Å². The van der Waals surface area contributed by atoms with Gasteiger partial charge in [0.15, 0.2) is 0 Å². The molecule has 8 rings (SSSR count). The molecule has 13 heteroatoms. The first-order valence-corrected chi connectivity index (χ1v) is 18.4. The number of furan rings is 1. The molecule has 51 heavy (non-hydrogen) atoms. The second-order valence-electron chi connectivity index (χ2n) is 13.2. The number of hydrogen-bond acceptors (Lipinski definition) is 7. The van der Waals surface area contributed by atoms with Crippen LogP contribution in [0.3, 0.4) is 0 Å². The summed E-state index contributed by atoms with van der Waals surface area (Å²) in [6.07, 6.45) is 2.19. The van der Waals surface area contributed by atoms with Gasteiger partial charge in [-0.25, -0.2) is 27.2 Å². The van der Waals surface area contributed by atoms with Crippen LogP contribution in [0.5, 0.6) is 0 Å². The van der Waals surface area contributed by atoms with Crippen molar-refractivity contribution in [2.45, 2.75) is 19.9 Å². The van der Waals surface area contributed by atoms with E-state index in [0.29, 0.717) is 62.1 Å². The molecule has 1 aliphatic rings. The number of carbonyl (C=O) groups excluding carboxylic acids is 1. The number of carbonyl (C=O) groups is 1. The van der Waals surface area contributed by atoms with Gasteiger partial charge in [0.2, 0.25) is 10.0 Å². The summed E-state index contributed by atoms with van der Waals surface area (Å²) in [5, 5.41) is 3.50. The Balaban J connectivity index is 1.39. The van der Waals surface area contributed by atoms with E-state index in [-0.39, 0.29) is 28.4 Å². The molecule has 4 aromatic heterocycles. The Kier molecular flexibility index (Phi) is 7.80. The third kappa shape index (κ3) is 5.56. The predicted molar refractivity (Wildman–Crippen MR) is 194 cm³/mol. The van der Waals surface area contributed by atoms with Crippen molar-refractivity contribution in [1.29, 1.82) is 0 Å². The first-order valence-electron chi connectivity index (χ1n) is 16.6. The molecule has 260 valence electrons. The Morgan fingerprint density at radius 1 is 1.02 bits per heavy atom. The topological polar surface area (TPSA) is 113 Å². The average Bonchev–Trinajstić information content (AvgIpc) is 3.82. The largest absolute Gasteiger partial charge is 0.455 e. The summed E-state index contributed by atoms with van der Waals surface area (Å²) in [6, 6.07) is 19.1. The number of pyridine rings is 1. The van der Waals surface area contributed by atoms with Crippen molar-refractivity contribution in [3.8, 4) is 22.6 Å². The van der Waals surface area contributed by atoms with Gasteiger partial charge in [0.1, 0.15) is 34.3 Å². The highest BCUT2D eigenvalue weighted by Gasteiger charge is 2.27. The van der Waals surface area contributed by atoms with Gasteiger partial charge in [-0.15, -0.1) is 0 Å². The maximum atomic E-state index is 15.2. The summed E-state index contributed by atoms with van der Waals surface area (Å²) < 4.78 is 64.3. The fourth-order valence-corrected chi connectivity index (χ4v) is 7.63. The van der Waals surface area contributed by atoms with Crippen LogP contribution < -0.4 is 9.62 Å². The zero-order chi connectivity index (χ0) is 35.8. The van der Waals surface area contributed by atoms with E-state index < -0.39 is 21.7 Å². The molecule has 0 aliphatic carbocycles. The lowest BCUT2D eigenvalue weighted by Crippen LogP contribution is -2.25. The van der Waals surface area contributed by atoms with Crippen LogP contribution in [0.1, 0.15) is 29.5 Å². The van der Waals surface area contributed by atoms with Crippen LogP contribution in [0.25, 0.3) is 61.0 Å². The van der Waals surface area contributed by atoms with E-state index >= 15 is 4.39 Å². The van der Waals surface area contributed by atoms with Gasteiger partial charge in [-0.3, -0.25) is 18.4 Å². The Bertz CT molecular complexity index is 2650. The number of sulfonamides is 1. The van der Waals surface area contributed by atoms with Gasteiger partial charge < -0.3 is 9.73 Å². The third-order valence-electron chi connectivity index (χ3n) is 9.77. The highest BCUT2D eigenvalue weighted by Crippen LogP contribution is 2.41. The van der Waals surface area contributed by atoms with E-state index in [1.54, 1.807) is 30.3 Å². The van der Waals surface area contributed by atoms with E-state index in [2.05, 4.69) is 17.1 Å². The number of anilines is 1. The van der Waals surface area contributed by atoms with Crippen molar-refractivity contribution in [3.63, 3.8) is 0 Å². The molecule has 1 atom stereocenters. The van der Waals surface area contributed by atoms with Gasteiger partial charge in [0, 0.05) is 48.6 Å². The molecular weight excluding hydrogens is 675 g/mol. The molecule has 0 unspecified atom stereocenters. The molecule has 1 fully saturated rings. The molecule has 1 aliphatic heterocycles. The van der Waals surface area contributed by atoms with Gasteiger partial charge in [0.25, 0.3) is 5.91 Å². The second-order valence-corrected chi connectivity index (χ2v) is 15.3. The molecule has 0 radical (unpaired) electrons. The number of likely N-dealkylation sites (tertiary alicyclic amines) is 1. The standard InChI is InChI=1S/C38H34F2N6O4S/c1-21-14-15-45(19-21)20-34-42-29-13-12-28(43-36(29)32-17-24-27(40)6-5-7-30(24)46(32)34)25-16-26-33(18-31(25)44(3)51(4,48)49)50-37(35(26)38(47)41-2)22-8-10-23(39)11-9-22/h5-13,16-18,21H,14-15,19-20H2,1-4H3,(H,41,47)/t21-/m1/s1. The first kappa shape index (κ1) is 32.8. The number of hydrogen-bond donors (Lipinski definition) is 1. The zero-order valence-electron chi connectivity index (χ0n) is 28.4. The summed E-state index contributed by atoms with van der Waals surface area (Å²) in [5.41, 5.74) is 4.43. The van der Waals surface area contributed by atoms with Gasteiger partial charge in [0.05, 0.1) is 46.3 Å². The predicted octanol–water partition coefficient (Wildman–Crippen LogP) is 6.99. The molecule has 3 aromatic carbocycles. The molecular formula is C38H34F2N6O4S. The van der Waals surface area contributed by atoms with Crippen molar-refractivity contribution in [2.24, 2.45) is 5.92 Å². The van der Waals surface area contributed by atoms with Gasteiger partial charge in [-0.2, -0.15) is 0 Å². The lowest BCUT2D eigenvalue weighted by atomic mass is 10.0. The van der Waals surface area contributed by atoms with Gasteiger partial charge in [-0.1, -0.05) is 13.0 Å². The summed E-state index contributed by atoms with van der Waals surface area (Å²) in [7, 11) is -0.853. The number of rotatable bonds is 7. The van der Waals surface area contributed by atoms with Crippen LogP contribution in [0.15, 0.2) is 77.2 Å². The number of fused-ring (bicyclic) bond motifs is 6. The first-order chi connectivity index (χ1) is 24.4. The van der Waals surface area contributed by atoms with Crippen molar-refractivity contribution >= 4 is 60.0 Å². The summed E-state index contributed by atoms with van der Waals surface area (Å²) in [6.45, 7) is 4.70. The lowest BCUT2D eigenvalue weighted by Gasteiger charge is -2.21. The summed E-state index contributed by atoms with van der Waals surface area (Å²) in [4.78, 5) is 25.8. The molecule has 0 saturated carbocycles. The maximum absolute atomic E-state index is 15.2. The Morgan fingerprint density at radius 3 is 2.51 bits per heavy atom.